The van der Waals surface area contributed by atoms with Gasteiger partial charge >= 0.3 is 0 Å². The molecule has 3 heterocycles. The molecule has 0 saturated carbocycles. The van der Waals surface area contributed by atoms with Crippen molar-refractivity contribution in [2.24, 2.45) is 0 Å². The molecule has 1 aliphatic heterocycles. The minimum atomic E-state index is 0.128. The molecule has 2 aromatic rings. The van der Waals surface area contributed by atoms with E-state index in [2.05, 4.69) is 40.2 Å². The summed E-state index contributed by atoms with van der Waals surface area (Å²) in [7, 11) is 0. The van der Waals surface area contributed by atoms with E-state index in [0.29, 0.717) is 19.1 Å². The maximum atomic E-state index is 12.9. The highest BCUT2D eigenvalue weighted by Gasteiger charge is 2.26. The summed E-state index contributed by atoms with van der Waals surface area (Å²) in [6, 6.07) is 4.19. The second-order valence-electron chi connectivity index (χ2n) is 6.58. The van der Waals surface area contributed by atoms with Gasteiger partial charge in [0, 0.05) is 56.0 Å². The van der Waals surface area contributed by atoms with E-state index < -0.39 is 0 Å². The van der Waals surface area contributed by atoms with Crippen molar-refractivity contribution in [3.63, 3.8) is 0 Å². The molecule has 2 aromatic heterocycles. The number of rotatable bonds is 3. The third kappa shape index (κ3) is 3.00. The van der Waals surface area contributed by atoms with Crippen LogP contribution in [0.4, 0.5) is 5.95 Å². The number of carbonyl (C=O) groups excluding carboxylic acids is 1. The van der Waals surface area contributed by atoms with Crippen LogP contribution in [0.25, 0.3) is 0 Å². The Morgan fingerprint density at radius 2 is 1.71 bits per heavy atom. The van der Waals surface area contributed by atoms with Crippen molar-refractivity contribution in [1.29, 1.82) is 0 Å². The number of aromatic nitrogens is 3. The quantitative estimate of drug-likeness (QED) is 0.869. The van der Waals surface area contributed by atoms with Gasteiger partial charge in [-0.3, -0.25) is 4.79 Å². The van der Waals surface area contributed by atoms with Crippen molar-refractivity contribution in [3.8, 4) is 0 Å². The van der Waals surface area contributed by atoms with E-state index in [1.807, 2.05) is 24.0 Å². The zero-order valence-corrected chi connectivity index (χ0v) is 14.9. The van der Waals surface area contributed by atoms with Gasteiger partial charge in [0.1, 0.15) is 0 Å². The lowest BCUT2D eigenvalue weighted by molar-refractivity contribution is 0.0745. The van der Waals surface area contributed by atoms with E-state index in [-0.39, 0.29) is 5.91 Å². The highest BCUT2D eigenvalue weighted by atomic mass is 16.2. The van der Waals surface area contributed by atoms with Gasteiger partial charge in [-0.05, 0) is 39.8 Å². The molecule has 6 heteroatoms. The minimum Gasteiger partial charge on any atom is -0.346 e. The molecule has 1 saturated heterocycles. The van der Waals surface area contributed by atoms with Crippen molar-refractivity contribution in [1.82, 2.24) is 19.4 Å². The molecule has 0 unspecified atom stereocenters. The molecule has 6 nitrogen and oxygen atoms in total. The molecular weight excluding hydrogens is 302 g/mol. The molecule has 24 heavy (non-hydrogen) atoms. The third-order valence-corrected chi connectivity index (χ3v) is 4.63. The molecule has 1 amide bonds. The van der Waals surface area contributed by atoms with Crippen LogP contribution in [0, 0.1) is 13.8 Å². The first kappa shape index (κ1) is 16.5. The second kappa shape index (κ2) is 6.63. The Bertz CT molecular complexity index is 715. The molecule has 3 rings (SSSR count). The highest BCUT2D eigenvalue weighted by Crippen LogP contribution is 2.22. The van der Waals surface area contributed by atoms with Gasteiger partial charge in [-0.1, -0.05) is 0 Å². The molecule has 0 aromatic carbocycles. The number of amides is 1. The normalized spacial score (nSPS) is 15.2. The van der Waals surface area contributed by atoms with Gasteiger partial charge in [0.2, 0.25) is 5.95 Å². The van der Waals surface area contributed by atoms with E-state index in [1.54, 1.807) is 12.4 Å². The molecule has 128 valence electrons. The summed E-state index contributed by atoms with van der Waals surface area (Å²) in [5.74, 6) is 0.867. The van der Waals surface area contributed by atoms with Crippen LogP contribution in [0.3, 0.4) is 0 Å². The summed E-state index contributed by atoms with van der Waals surface area (Å²) in [6.45, 7) is 11.3. The summed E-state index contributed by atoms with van der Waals surface area (Å²) < 4.78 is 2.22. The lowest BCUT2D eigenvalue weighted by atomic mass is 10.2. The Morgan fingerprint density at radius 1 is 1.08 bits per heavy atom. The van der Waals surface area contributed by atoms with Crippen LogP contribution >= 0.6 is 0 Å². The van der Waals surface area contributed by atoms with Gasteiger partial charge in [0.15, 0.2) is 0 Å². The van der Waals surface area contributed by atoms with Crippen molar-refractivity contribution >= 4 is 11.9 Å². The van der Waals surface area contributed by atoms with Gasteiger partial charge < -0.3 is 14.4 Å². The van der Waals surface area contributed by atoms with E-state index >= 15 is 0 Å². The third-order valence-electron chi connectivity index (χ3n) is 4.63. The largest absolute Gasteiger partial charge is 0.346 e. The van der Waals surface area contributed by atoms with Crippen LogP contribution in [0.1, 0.15) is 41.6 Å². The van der Waals surface area contributed by atoms with Crippen LogP contribution in [0.15, 0.2) is 24.5 Å². The Balaban J connectivity index is 1.71. The molecule has 0 spiro atoms. The van der Waals surface area contributed by atoms with Crippen LogP contribution in [0.2, 0.25) is 0 Å². The number of aryl methyl sites for hydroxylation is 1. The van der Waals surface area contributed by atoms with Crippen LogP contribution in [-0.2, 0) is 0 Å². The smallest absolute Gasteiger partial charge is 0.255 e. The summed E-state index contributed by atoms with van der Waals surface area (Å²) in [5.41, 5.74) is 3.02. The van der Waals surface area contributed by atoms with Crippen LogP contribution < -0.4 is 4.90 Å². The first-order valence-electron chi connectivity index (χ1n) is 8.48. The van der Waals surface area contributed by atoms with Crippen LogP contribution in [0.5, 0.6) is 0 Å². The lowest BCUT2D eigenvalue weighted by Crippen LogP contribution is -2.49. The summed E-state index contributed by atoms with van der Waals surface area (Å²) in [4.78, 5) is 25.6. The number of nitrogens with zero attached hydrogens (tertiary/aromatic N) is 5. The highest BCUT2D eigenvalue weighted by molar-refractivity contribution is 5.96. The number of hydrogen-bond donors (Lipinski definition) is 0. The van der Waals surface area contributed by atoms with Gasteiger partial charge in [-0.2, -0.15) is 0 Å². The Morgan fingerprint density at radius 3 is 2.25 bits per heavy atom. The molecular formula is C18H25N5O. The first-order valence-corrected chi connectivity index (χ1v) is 8.48. The average Bonchev–Trinajstić information content (AvgIpc) is 2.89. The SMILES string of the molecule is Cc1cc(C(=O)N2CCN(c3ncccn3)CC2)c(C)n1C(C)C. The molecule has 0 bridgehead atoms. The standard InChI is InChI=1S/C18H25N5O/c1-13(2)23-14(3)12-16(15(23)4)17(24)21-8-10-22(11-9-21)18-19-6-5-7-20-18/h5-7,12-13H,8-11H2,1-4H3. The van der Waals surface area contributed by atoms with E-state index in [4.69, 9.17) is 0 Å². The maximum absolute atomic E-state index is 12.9. The van der Waals surface area contributed by atoms with Gasteiger partial charge in [0.05, 0.1) is 5.56 Å². The van der Waals surface area contributed by atoms with Gasteiger partial charge in [0.25, 0.3) is 5.91 Å². The molecule has 1 aliphatic rings. The fourth-order valence-corrected chi connectivity index (χ4v) is 3.52. The van der Waals surface area contributed by atoms with E-state index in [1.165, 1.54) is 0 Å². The van der Waals surface area contributed by atoms with Crippen molar-refractivity contribution < 1.29 is 4.79 Å². The Hall–Kier alpha value is -2.37. The van der Waals surface area contributed by atoms with Crippen molar-refractivity contribution in [2.45, 2.75) is 33.7 Å². The Labute approximate surface area is 143 Å². The predicted octanol–water partition coefficient (Wildman–Crippen LogP) is 2.44. The summed E-state index contributed by atoms with van der Waals surface area (Å²) in [6.07, 6.45) is 3.50. The van der Waals surface area contributed by atoms with E-state index in [9.17, 15) is 4.79 Å². The Kier molecular flexibility index (Phi) is 4.55. The van der Waals surface area contributed by atoms with E-state index in [0.717, 1.165) is 36.0 Å². The number of hydrogen-bond acceptors (Lipinski definition) is 4. The molecule has 1 fully saturated rings. The molecule has 0 aliphatic carbocycles. The maximum Gasteiger partial charge on any atom is 0.255 e. The van der Waals surface area contributed by atoms with Crippen molar-refractivity contribution in [2.75, 3.05) is 31.1 Å². The molecule has 0 atom stereocenters. The topological polar surface area (TPSA) is 54.3 Å². The van der Waals surface area contributed by atoms with Gasteiger partial charge in [-0.25, -0.2) is 9.97 Å². The minimum absolute atomic E-state index is 0.128. The van der Waals surface area contributed by atoms with Gasteiger partial charge in [-0.15, -0.1) is 0 Å². The first-order chi connectivity index (χ1) is 11.5. The fourth-order valence-electron chi connectivity index (χ4n) is 3.52. The lowest BCUT2D eigenvalue weighted by Gasteiger charge is -2.34. The van der Waals surface area contributed by atoms with Crippen LogP contribution in [-0.4, -0.2) is 51.5 Å². The second-order valence-corrected chi connectivity index (χ2v) is 6.58. The molecule has 0 N–H and O–H groups in total. The zero-order valence-electron chi connectivity index (χ0n) is 14.9. The summed E-state index contributed by atoms with van der Waals surface area (Å²) >= 11 is 0. The molecule has 0 radical (unpaired) electrons. The average molecular weight is 327 g/mol. The monoisotopic (exact) mass is 327 g/mol. The predicted molar refractivity (Wildman–Crippen MR) is 94.4 cm³/mol. The van der Waals surface area contributed by atoms with Crippen molar-refractivity contribution in [3.05, 3.63) is 41.5 Å². The number of carbonyl (C=O) groups is 1. The fraction of sp³-hybridized carbons (Fsp3) is 0.500. The zero-order chi connectivity index (χ0) is 17.3. The number of piperazine rings is 1. The number of anilines is 1. The summed E-state index contributed by atoms with van der Waals surface area (Å²) in [5, 5.41) is 0.